The fourth-order valence-corrected chi connectivity index (χ4v) is 1.72. The van der Waals surface area contributed by atoms with Crippen molar-refractivity contribution < 1.29 is 13.2 Å². The van der Waals surface area contributed by atoms with E-state index in [-0.39, 0.29) is 6.04 Å². The quantitative estimate of drug-likeness (QED) is 0.884. The van der Waals surface area contributed by atoms with Gasteiger partial charge in [-0.25, -0.2) is 0 Å². The van der Waals surface area contributed by atoms with Crippen LogP contribution in [0.5, 0.6) is 0 Å². The molecule has 0 amide bonds. The summed E-state index contributed by atoms with van der Waals surface area (Å²) in [5.41, 5.74) is 7.18. The summed E-state index contributed by atoms with van der Waals surface area (Å²) in [6, 6.07) is 6.71. The lowest BCUT2D eigenvalue weighted by Crippen LogP contribution is -2.32. The lowest BCUT2D eigenvalue weighted by atomic mass is 10.0. The number of anilines is 1. The Morgan fingerprint density at radius 2 is 1.88 bits per heavy atom. The van der Waals surface area contributed by atoms with E-state index in [1.807, 2.05) is 6.92 Å². The average molecular weight is 246 g/mol. The lowest BCUT2D eigenvalue weighted by Gasteiger charge is -2.25. The van der Waals surface area contributed by atoms with Crippen LogP contribution < -0.4 is 10.6 Å². The number of nitrogens with zero attached hydrogens (tertiary/aromatic N) is 1. The molecule has 96 valence electrons. The van der Waals surface area contributed by atoms with Gasteiger partial charge in [-0.15, -0.1) is 0 Å². The Morgan fingerprint density at radius 1 is 1.29 bits per heavy atom. The van der Waals surface area contributed by atoms with Gasteiger partial charge in [-0.05, 0) is 18.1 Å². The van der Waals surface area contributed by atoms with Crippen molar-refractivity contribution >= 4 is 5.69 Å². The van der Waals surface area contributed by atoms with E-state index < -0.39 is 12.7 Å². The summed E-state index contributed by atoms with van der Waals surface area (Å²) < 4.78 is 37.0. The van der Waals surface area contributed by atoms with Crippen LogP contribution >= 0.6 is 0 Å². The number of rotatable bonds is 4. The van der Waals surface area contributed by atoms with E-state index in [9.17, 15) is 13.2 Å². The van der Waals surface area contributed by atoms with Gasteiger partial charge in [-0.1, -0.05) is 25.1 Å². The van der Waals surface area contributed by atoms with Gasteiger partial charge in [0.1, 0.15) is 6.54 Å². The van der Waals surface area contributed by atoms with Crippen molar-refractivity contribution in [2.24, 2.45) is 5.73 Å². The fourth-order valence-electron chi connectivity index (χ4n) is 1.72. The molecule has 0 bridgehead atoms. The normalized spacial score (nSPS) is 13.5. The van der Waals surface area contributed by atoms with Gasteiger partial charge in [-0.2, -0.15) is 13.2 Å². The molecule has 0 spiro atoms. The van der Waals surface area contributed by atoms with Gasteiger partial charge >= 0.3 is 6.18 Å². The smallest absolute Gasteiger partial charge is 0.365 e. The van der Waals surface area contributed by atoms with E-state index in [0.717, 1.165) is 5.56 Å². The molecular weight excluding hydrogens is 229 g/mol. The number of hydrogen-bond acceptors (Lipinski definition) is 2. The van der Waals surface area contributed by atoms with Crippen molar-refractivity contribution in [2.45, 2.75) is 25.6 Å². The van der Waals surface area contributed by atoms with Crippen molar-refractivity contribution in [1.29, 1.82) is 0 Å². The standard InChI is InChI=1S/C12H17F3N2/c1-3-10(16)9-6-4-5-7-11(9)17(2)8-12(13,14)15/h4-7,10H,3,8,16H2,1-2H3/t10-/m0/s1. The van der Waals surface area contributed by atoms with Crippen LogP contribution in [0.4, 0.5) is 18.9 Å². The van der Waals surface area contributed by atoms with Gasteiger partial charge < -0.3 is 10.6 Å². The highest BCUT2D eigenvalue weighted by molar-refractivity contribution is 5.54. The maximum Gasteiger partial charge on any atom is 0.405 e. The van der Waals surface area contributed by atoms with Crippen molar-refractivity contribution in [3.05, 3.63) is 29.8 Å². The highest BCUT2D eigenvalue weighted by Gasteiger charge is 2.30. The minimum absolute atomic E-state index is 0.234. The van der Waals surface area contributed by atoms with E-state index in [1.54, 1.807) is 24.3 Å². The van der Waals surface area contributed by atoms with Crippen molar-refractivity contribution in [2.75, 3.05) is 18.5 Å². The van der Waals surface area contributed by atoms with Gasteiger partial charge in [0.25, 0.3) is 0 Å². The Labute approximate surface area is 99.2 Å². The zero-order valence-electron chi connectivity index (χ0n) is 9.96. The number of nitrogens with two attached hydrogens (primary N) is 1. The molecule has 0 unspecified atom stereocenters. The fraction of sp³-hybridized carbons (Fsp3) is 0.500. The SMILES string of the molecule is CC[C@H](N)c1ccccc1N(C)CC(F)(F)F. The number of hydrogen-bond donors (Lipinski definition) is 1. The van der Waals surface area contributed by atoms with Crippen LogP contribution in [0.15, 0.2) is 24.3 Å². The number of para-hydroxylation sites is 1. The maximum atomic E-state index is 12.3. The summed E-state index contributed by atoms with van der Waals surface area (Å²) in [5, 5.41) is 0. The zero-order valence-corrected chi connectivity index (χ0v) is 9.96. The molecule has 0 heterocycles. The van der Waals surface area contributed by atoms with Gasteiger partial charge in [0.05, 0.1) is 0 Å². The van der Waals surface area contributed by atoms with Gasteiger partial charge in [0.2, 0.25) is 0 Å². The van der Waals surface area contributed by atoms with Crippen molar-refractivity contribution in [3.63, 3.8) is 0 Å². The Hall–Kier alpha value is -1.23. The predicted molar refractivity (Wildman–Crippen MR) is 63.0 cm³/mol. The summed E-state index contributed by atoms with van der Waals surface area (Å²) in [6.45, 7) is 0.936. The molecule has 1 aromatic rings. The first kappa shape index (κ1) is 13.8. The third-order valence-corrected chi connectivity index (χ3v) is 2.60. The zero-order chi connectivity index (χ0) is 13.1. The van der Waals surface area contributed by atoms with Crippen LogP contribution in [0.1, 0.15) is 24.9 Å². The second-order valence-corrected chi connectivity index (χ2v) is 4.04. The molecule has 2 N–H and O–H groups in total. The third kappa shape index (κ3) is 3.93. The molecule has 0 aliphatic carbocycles. The lowest BCUT2D eigenvalue weighted by molar-refractivity contribution is -0.119. The number of benzene rings is 1. The molecule has 0 fully saturated rings. The second kappa shape index (κ2) is 5.40. The van der Waals surface area contributed by atoms with Gasteiger partial charge in [-0.3, -0.25) is 0 Å². The maximum absolute atomic E-state index is 12.3. The molecule has 0 saturated heterocycles. The Kier molecular flexibility index (Phi) is 4.40. The average Bonchev–Trinajstić information content (AvgIpc) is 2.25. The van der Waals surface area contributed by atoms with E-state index >= 15 is 0 Å². The van der Waals surface area contributed by atoms with E-state index in [2.05, 4.69) is 0 Å². The number of alkyl halides is 3. The molecular formula is C12H17F3N2. The van der Waals surface area contributed by atoms with Crippen LogP contribution in [0.3, 0.4) is 0 Å². The van der Waals surface area contributed by atoms with Crippen LogP contribution in [0.2, 0.25) is 0 Å². The minimum Gasteiger partial charge on any atom is -0.365 e. The monoisotopic (exact) mass is 246 g/mol. The highest BCUT2D eigenvalue weighted by Crippen LogP contribution is 2.28. The highest BCUT2D eigenvalue weighted by atomic mass is 19.4. The molecule has 0 aliphatic rings. The molecule has 5 heteroatoms. The first-order valence-electron chi connectivity index (χ1n) is 5.47. The van der Waals surface area contributed by atoms with E-state index in [0.29, 0.717) is 12.1 Å². The molecule has 1 aromatic carbocycles. The summed E-state index contributed by atoms with van der Waals surface area (Å²) >= 11 is 0. The molecule has 0 aromatic heterocycles. The van der Waals surface area contributed by atoms with Gasteiger partial charge in [0.15, 0.2) is 0 Å². The molecule has 1 atom stereocenters. The van der Waals surface area contributed by atoms with Crippen molar-refractivity contribution in [1.82, 2.24) is 0 Å². The Bertz CT molecular complexity index is 363. The minimum atomic E-state index is -4.21. The summed E-state index contributed by atoms with van der Waals surface area (Å²) in [4.78, 5) is 1.19. The molecule has 2 nitrogen and oxygen atoms in total. The Morgan fingerprint density at radius 3 is 2.41 bits per heavy atom. The van der Waals surface area contributed by atoms with Crippen LogP contribution in [-0.2, 0) is 0 Å². The summed E-state index contributed by atoms with van der Waals surface area (Å²) in [6.07, 6.45) is -3.52. The predicted octanol–water partition coefficient (Wildman–Crippen LogP) is 3.09. The van der Waals surface area contributed by atoms with Crippen molar-refractivity contribution in [3.8, 4) is 0 Å². The van der Waals surface area contributed by atoms with Gasteiger partial charge in [0, 0.05) is 18.8 Å². The number of halogens is 3. The van der Waals surface area contributed by atoms with Crippen LogP contribution in [0.25, 0.3) is 0 Å². The van der Waals surface area contributed by atoms with Crippen LogP contribution in [0, 0.1) is 0 Å². The van der Waals surface area contributed by atoms with E-state index in [1.165, 1.54) is 11.9 Å². The topological polar surface area (TPSA) is 29.3 Å². The summed E-state index contributed by atoms with van der Waals surface area (Å²) in [5.74, 6) is 0. The first-order chi connectivity index (χ1) is 7.85. The largest absolute Gasteiger partial charge is 0.405 e. The van der Waals surface area contributed by atoms with E-state index in [4.69, 9.17) is 5.73 Å². The second-order valence-electron chi connectivity index (χ2n) is 4.04. The molecule has 1 rings (SSSR count). The first-order valence-corrected chi connectivity index (χ1v) is 5.47. The van der Waals surface area contributed by atoms with Crippen LogP contribution in [-0.4, -0.2) is 19.8 Å². The molecule has 0 saturated carbocycles. The molecule has 0 radical (unpaired) electrons. The summed E-state index contributed by atoms with van der Waals surface area (Å²) in [7, 11) is 1.43. The Balaban J connectivity index is 2.97. The third-order valence-electron chi connectivity index (χ3n) is 2.60. The molecule has 0 aliphatic heterocycles. The molecule has 17 heavy (non-hydrogen) atoms.